The molecule has 1 N–H and O–H groups in total. The summed E-state index contributed by atoms with van der Waals surface area (Å²) >= 11 is 15.2. The number of ether oxygens (including phenoxy) is 1. The summed E-state index contributed by atoms with van der Waals surface area (Å²) in [5, 5.41) is 14.4. The number of aromatic nitrogens is 1. The van der Waals surface area contributed by atoms with E-state index in [0.717, 1.165) is 0 Å². The average Bonchev–Trinajstić information content (AvgIpc) is 2.44. The van der Waals surface area contributed by atoms with Crippen LogP contribution < -0.4 is 10.1 Å². The van der Waals surface area contributed by atoms with Crippen LogP contribution in [0, 0.1) is 10.1 Å². The largest absolute Gasteiger partial charge is 0.432 e. The zero-order chi connectivity index (χ0) is 15.6. The van der Waals surface area contributed by atoms with Crippen molar-refractivity contribution in [3.63, 3.8) is 0 Å². The second-order valence-electron chi connectivity index (χ2n) is 3.83. The third-order valence-corrected chi connectivity index (χ3v) is 3.97. The highest BCUT2D eigenvalue weighted by Gasteiger charge is 2.20. The van der Waals surface area contributed by atoms with Crippen LogP contribution in [0.1, 0.15) is 0 Å². The lowest BCUT2D eigenvalue weighted by atomic mass is 10.3. The van der Waals surface area contributed by atoms with Gasteiger partial charge >= 0.3 is 11.6 Å². The van der Waals surface area contributed by atoms with Crippen LogP contribution in [0.4, 0.5) is 11.5 Å². The first-order valence-corrected chi connectivity index (χ1v) is 7.13. The van der Waals surface area contributed by atoms with E-state index in [9.17, 15) is 10.1 Å². The van der Waals surface area contributed by atoms with Crippen LogP contribution in [0.25, 0.3) is 0 Å². The normalized spacial score (nSPS) is 10.3. The van der Waals surface area contributed by atoms with Crippen LogP contribution in [0.15, 0.2) is 28.7 Å². The summed E-state index contributed by atoms with van der Waals surface area (Å²) in [6, 6.07) is 5.75. The molecule has 2 aromatic rings. The van der Waals surface area contributed by atoms with Gasteiger partial charge in [0.2, 0.25) is 0 Å². The fourth-order valence-corrected chi connectivity index (χ4v) is 2.30. The summed E-state index contributed by atoms with van der Waals surface area (Å²) in [6.07, 6.45) is 0. The summed E-state index contributed by atoms with van der Waals surface area (Å²) in [6.45, 7) is 0. The Morgan fingerprint density at radius 2 is 2.05 bits per heavy atom. The predicted octanol–water partition coefficient (Wildman–Crippen LogP) is 4.89. The first kappa shape index (κ1) is 15.8. The fourth-order valence-electron chi connectivity index (χ4n) is 1.47. The van der Waals surface area contributed by atoms with Crippen LogP contribution in [-0.4, -0.2) is 17.0 Å². The number of nitrogens with zero attached hydrogens (tertiary/aromatic N) is 2. The molecule has 0 amide bonds. The van der Waals surface area contributed by atoms with Crippen molar-refractivity contribution in [2.24, 2.45) is 0 Å². The van der Waals surface area contributed by atoms with Crippen molar-refractivity contribution in [1.29, 1.82) is 0 Å². The monoisotopic (exact) mass is 391 g/mol. The smallest absolute Gasteiger partial charge is 0.331 e. The van der Waals surface area contributed by atoms with Crippen LogP contribution >= 0.6 is 39.1 Å². The minimum absolute atomic E-state index is 0.174. The van der Waals surface area contributed by atoms with Crippen LogP contribution in [0.5, 0.6) is 11.6 Å². The van der Waals surface area contributed by atoms with E-state index in [4.69, 9.17) is 27.9 Å². The highest BCUT2D eigenvalue weighted by Crippen LogP contribution is 2.38. The van der Waals surface area contributed by atoms with E-state index in [2.05, 4.69) is 26.2 Å². The van der Waals surface area contributed by atoms with Gasteiger partial charge in [-0.2, -0.15) is 4.98 Å². The van der Waals surface area contributed by atoms with E-state index in [-0.39, 0.29) is 22.3 Å². The first-order valence-electron chi connectivity index (χ1n) is 5.58. The van der Waals surface area contributed by atoms with E-state index < -0.39 is 4.92 Å². The summed E-state index contributed by atoms with van der Waals surface area (Å²) in [5.74, 6) is 0.427. The Morgan fingerprint density at radius 1 is 1.33 bits per heavy atom. The number of benzene rings is 1. The zero-order valence-electron chi connectivity index (χ0n) is 10.6. The van der Waals surface area contributed by atoms with Crippen LogP contribution in [0.2, 0.25) is 10.0 Å². The molecule has 0 spiro atoms. The Morgan fingerprint density at radius 3 is 2.67 bits per heavy atom. The first-order chi connectivity index (χ1) is 9.92. The molecule has 0 unspecified atom stereocenters. The topological polar surface area (TPSA) is 77.3 Å². The molecule has 0 saturated carbocycles. The Labute approximate surface area is 138 Å². The third kappa shape index (κ3) is 3.55. The maximum atomic E-state index is 11.0. The summed E-state index contributed by atoms with van der Waals surface area (Å²) in [5.41, 5.74) is -0.274. The molecule has 6 nitrogen and oxygen atoms in total. The molecular formula is C12H8BrCl2N3O3. The molecule has 2 rings (SSSR count). The van der Waals surface area contributed by atoms with E-state index in [1.807, 2.05) is 0 Å². The lowest BCUT2D eigenvalue weighted by Gasteiger charge is -2.09. The van der Waals surface area contributed by atoms with Crippen molar-refractivity contribution in [3.05, 3.63) is 48.9 Å². The van der Waals surface area contributed by atoms with E-state index in [1.54, 1.807) is 7.05 Å². The number of rotatable bonds is 4. The van der Waals surface area contributed by atoms with Gasteiger partial charge in [0.1, 0.15) is 11.6 Å². The third-order valence-electron chi connectivity index (χ3n) is 2.47. The van der Waals surface area contributed by atoms with Gasteiger partial charge in [-0.25, -0.2) is 0 Å². The van der Waals surface area contributed by atoms with E-state index in [1.165, 1.54) is 24.3 Å². The van der Waals surface area contributed by atoms with Crippen LogP contribution in [-0.2, 0) is 0 Å². The Kier molecular flexibility index (Phi) is 4.87. The molecule has 21 heavy (non-hydrogen) atoms. The van der Waals surface area contributed by atoms with E-state index in [0.29, 0.717) is 15.3 Å². The molecule has 9 heteroatoms. The van der Waals surface area contributed by atoms with Gasteiger partial charge in [0.05, 0.1) is 15.0 Å². The number of hydrogen-bond donors (Lipinski definition) is 1. The molecular weight excluding hydrogens is 385 g/mol. The highest BCUT2D eigenvalue weighted by atomic mass is 79.9. The summed E-state index contributed by atoms with van der Waals surface area (Å²) in [4.78, 5) is 14.4. The molecule has 0 atom stereocenters. The lowest BCUT2D eigenvalue weighted by Crippen LogP contribution is -1.99. The lowest BCUT2D eigenvalue weighted by molar-refractivity contribution is -0.386. The number of halogens is 3. The Bertz CT molecular complexity index is 712. The van der Waals surface area contributed by atoms with Gasteiger partial charge in [-0.05, 0) is 28.1 Å². The molecule has 0 bridgehead atoms. The standard InChI is InChI=1S/C12H8BrCl2N3O3/c1-16-11-3-2-9(18(19)20)12(17-11)21-10-5-7(14)6(13)4-8(10)15/h2-5H,1H3,(H,16,17). The zero-order valence-corrected chi connectivity index (χ0v) is 13.7. The van der Waals surface area contributed by atoms with Gasteiger partial charge in [-0.15, -0.1) is 0 Å². The summed E-state index contributed by atoms with van der Waals surface area (Å²) in [7, 11) is 1.64. The maximum Gasteiger partial charge on any atom is 0.331 e. The number of hydrogen-bond acceptors (Lipinski definition) is 5. The molecule has 0 aliphatic heterocycles. The molecule has 1 heterocycles. The van der Waals surface area contributed by atoms with Crippen molar-refractivity contribution in [2.75, 3.05) is 12.4 Å². The van der Waals surface area contributed by atoms with Crippen LogP contribution in [0.3, 0.4) is 0 Å². The maximum absolute atomic E-state index is 11.0. The number of nitro groups is 1. The van der Waals surface area contributed by atoms with Gasteiger partial charge in [-0.1, -0.05) is 23.2 Å². The number of nitrogens with one attached hydrogen (secondary N) is 1. The molecule has 0 aliphatic carbocycles. The van der Waals surface area contributed by atoms with Gasteiger partial charge in [-0.3, -0.25) is 10.1 Å². The van der Waals surface area contributed by atoms with Gasteiger partial charge in [0.25, 0.3) is 0 Å². The quantitative estimate of drug-likeness (QED) is 0.455. The highest BCUT2D eigenvalue weighted by molar-refractivity contribution is 9.10. The molecule has 0 radical (unpaired) electrons. The van der Waals surface area contributed by atoms with Crippen molar-refractivity contribution >= 4 is 50.6 Å². The van der Waals surface area contributed by atoms with Gasteiger partial charge in [0.15, 0.2) is 0 Å². The fraction of sp³-hybridized carbons (Fsp3) is 0.0833. The number of pyridine rings is 1. The average molecular weight is 393 g/mol. The van der Waals surface area contributed by atoms with Gasteiger partial charge in [0, 0.05) is 23.7 Å². The predicted molar refractivity (Wildman–Crippen MR) is 84.7 cm³/mol. The molecule has 1 aromatic heterocycles. The Hall–Kier alpha value is -1.57. The second kappa shape index (κ2) is 6.46. The molecule has 0 saturated heterocycles. The Balaban J connectivity index is 2.47. The van der Waals surface area contributed by atoms with Crippen molar-refractivity contribution in [3.8, 4) is 11.6 Å². The molecule has 1 aromatic carbocycles. The number of anilines is 1. The van der Waals surface area contributed by atoms with Crippen molar-refractivity contribution in [2.45, 2.75) is 0 Å². The minimum Gasteiger partial charge on any atom is -0.432 e. The molecule has 110 valence electrons. The van der Waals surface area contributed by atoms with Crippen molar-refractivity contribution < 1.29 is 9.66 Å². The molecule has 0 fully saturated rings. The SMILES string of the molecule is CNc1ccc([N+](=O)[O-])c(Oc2cc(Cl)c(Br)cc2Cl)n1. The summed E-state index contributed by atoms with van der Waals surface area (Å²) < 4.78 is 6.04. The van der Waals surface area contributed by atoms with E-state index >= 15 is 0 Å². The van der Waals surface area contributed by atoms with Gasteiger partial charge < -0.3 is 10.1 Å². The van der Waals surface area contributed by atoms with Crippen molar-refractivity contribution in [1.82, 2.24) is 4.98 Å². The molecule has 0 aliphatic rings. The second-order valence-corrected chi connectivity index (χ2v) is 5.50. The minimum atomic E-state index is -0.587.